The molecular formula is C25H51NOS. The van der Waals surface area contributed by atoms with Crippen LogP contribution in [-0.2, 0) is 4.79 Å². The third-order valence-electron chi connectivity index (χ3n) is 5.71. The normalized spacial score (nSPS) is 11.4. The van der Waals surface area contributed by atoms with Crippen LogP contribution in [0.4, 0.5) is 0 Å². The Labute approximate surface area is 182 Å². The molecular weight excluding hydrogens is 362 g/mol. The Balaban J connectivity index is 3.19. The highest BCUT2D eigenvalue weighted by molar-refractivity contribution is 7.99. The number of carbonyl (C=O) groups excluding carboxylic acids is 1. The van der Waals surface area contributed by atoms with Gasteiger partial charge in [0, 0.05) is 12.8 Å². The second-order valence-electron chi connectivity index (χ2n) is 8.27. The van der Waals surface area contributed by atoms with Crippen LogP contribution in [0.3, 0.4) is 0 Å². The van der Waals surface area contributed by atoms with Crippen LogP contribution in [0.5, 0.6) is 0 Å². The van der Waals surface area contributed by atoms with Crippen LogP contribution >= 0.6 is 11.8 Å². The predicted molar refractivity (Wildman–Crippen MR) is 130 cm³/mol. The summed E-state index contributed by atoms with van der Waals surface area (Å²) in [5, 5.41) is 0. The highest BCUT2D eigenvalue weighted by Gasteiger charge is 2.03. The summed E-state index contributed by atoms with van der Waals surface area (Å²) in [6.45, 7) is 10.1. The predicted octanol–water partition coefficient (Wildman–Crippen LogP) is 7.89. The van der Waals surface area contributed by atoms with Gasteiger partial charge in [0.2, 0.25) is 0 Å². The SMILES string of the molecule is CCCCCCCCCCCCSCCCCC(=O)CCCCN(CC)CC. The maximum Gasteiger partial charge on any atom is 0.132 e. The van der Waals surface area contributed by atoms with Crippen LogP contribution in [-0.4, -0.2) is 41.8 Å². The summed E-state index contributed by atoms with van der Waals surface area (Å²) in [5.41, 5.74) is 0. The van der Waals surface area contributed by atoms with E-state index in [2.05, 4.69) is 37.4 Å². The van der Waals surface area contributed by atoms with Gasteiger partial charge in [-0.05, 0) is 63.2 Å². The summed E-state index contributed by atoms with van der Waals surface area (Å²) in [4.78, 5) is 14.4. The molecule has 0 bridgehead atoms. The van der Waals surface area contributed by atoms with E-state index in [9.17, 15) is 4.79 Å². The highest BCUT2D eigenvalue weighted by Crippen LogP contribution is 2.14. The molecule has 0 saturated heterocycles. The molecule has 0 radical (unpaired) electrons. The van der Waals surface area contributed by atoms with E-state index in [1.165, 1.54) is 88.6 Å². The molecule has 0 aromatic rings. The van der Waals surface area contributed by atoms with Gasteiger partial charge in [-0.2, -0.15) is 11.8 Å². The molecule has 0 aliphatic rings. The molecule has 0 rings (SSSR count). The minimum atomic E-state index is 0.485. The quantitative estimate of drug-likeness (QED) is 0.159. The third kappa shape index (κ3) is 20.7. The van der Waals surface area contributed by atoms with Crippen LogP contribution < -0.4 is 0 Å². The molecule has 0 fully saturated rings. The molecule has 0 aliphatic carbocycles. The first-order chi connectivity index (χ1) is 13.7. The van der Waals surface area contributed by atoms with Crippen molar-refractivity contribution in [3.63, 3.8) is 0 Å². The zero-order chi connectivity index (χ0) is 20.7. The minimum absolute atomic E-state index is 0.485. The Morgan fingerprint density at radius 1 is 0.607 bits per heavy atom. The zero-order valence-electron chi connectivity index (χ0n) is 19.6. The van der Waals surface area contributed by atoms with Crippen molar-refractivity contribution in [1.29, 1.82) is 0 Å². The van der Waals surface area contributed by atoms with Gasteiger partial charge >= 0.3 is 0 Å². The van der Waals surface area contributed by atoms with E-state index in [0.29, 0.717) is 5.78 Å². The van der Waals surface area contributed by atoms with Crippen LogP contribution in [0.2, 0.25) is 0 Å². The lowest BCUT2D eigenvalue weighted by Gasteiger charge is -2.17. The maximum absolute atomic E-state index is 11.9. The topological polar surface area (TPSA) is 20.3 Å². The van der Waals surface area contributed by atoms with Crippen molar-refractivity contribution in [2.75, 3.05) is 31.1 Å². The average Bonchev–Trinajstić information content (AvgIpc) is 2.71. The van der Waals surface area contributed by atoms with Crippen molar-refractivity contribution >= 4 is 17.5 Å². The van der Waals surface area contributed by atoms with Crippen LogP contribution in [0.1, 0.15) is 124 Å². The van der Waals surface area contributed by atoms with Gasteiger partial charge in [-0.3, -0.25) is 4.79 Å². The fraction of sp³-hybridized carbons (Fsp3) is 0.960. The number of thioether (sulfide) groups is 1. The van der Waals surface area contributed by atoms with Crippen LogP contribution in [0.15, 0.2) is 0 Å². The molecule has 3 heteroatoms. The molecule has 0 N–H and O–H groups in total. The lowest BCUT2D eigenvalue weighted by Crippen LogP contribution is -2.24. The van der Waals surface area contributed by atoms with Crippen molar-refractivity contribution in [2.24, 2.45) is 0 Å². The summed E-state index contributed by atoms with van der Waals surface area (Å²) in [6.07, 6.45) is 20.4. The third-order valence-corrected chi connectivity index (χ3v) is 6.87. The molecule has 2 nitrogen and oxygen atoms in total. The number of carbonyl (C=O) groups is 1. The molecule has 0 aromatic heterocycles. The zero-order valence-corrected chi connectivity index (χ0v) is 20.4. The van der Waals surface area contributed by atoms with Crippen molar-refractivity contribution in [2.45, 2.75) is 124 Å². The lowest BCUT2D eigenvalue weighted by molar-refractivity contribution is -0.119. The van der Waals surface area contributed by atoms with E-state index in [4.69, 9.17) is 0 Å². The first-order valence-electron chi connectivity index (χ1n) is 12.6. The second-order valence-corrected chi connectivity index (χ2v) is 9.50. The number of ketones is 1. The van der Waals surface area contributed by atoms with E-state index in [-0.39, 0.29) is 0 Å². The van der Waals surface area contributed by atoms with E-state index in [1.54, 1.807) is 0 Å². The fourth-order valence-electron chi connectivity index (χ4n) is 3.64. The van der Waals surface area contributed by atoms with Crippen LogP contribution in [0.25, 0.3) is 0 Å². The Bertz CT molecular complexity index is 318. The van der Waals surface area contributed by atoms with E-state index in [1.807, 2.05) is 0 Å². The Morgan fingerprint density at radius 2 is 1.07 bits per heavy atom. The number of nitrogens with zero attached hydrogens (tertiary/aromatic N) is 1. The second kappa shape index (κ2) is 23.3. The summed E-state index contributed by atoms with van der Waals surface area (Å²) < 4.78 is 0. The molecule has 28 heavy (non-hydrogen) atoms. The van der Waals surface area contributed by atoms with Crippen LogP contribution in [0, 0.1) is 0 Å². The maximum atomic E-state index is 11.9. The van der Waals surface area contributed by atoms with Gasteiger partial charge in [-0.15, -0.1) is 0 Å². The fourth-order valence-corrected chi connectivity index (χ4v) is 4.66. The van der Waals surface area contributed by atoms with Crippen molar-refractivity contribution in [1.82, 2.24) is 4.90 Å². The molecule has 0 unspecified atom stereocenters. The largest absolute Gasteiger partial charge is 0.304 e. The number of hydrogen-bond donors (Lipinski definition) is 0. The first-order valence-corrected chi connectivity index (χ1v) is 13.7. The monoisotopic (exact) mass is 413 g/mol. The Hall–Kier alpha value is -0.0200. The summed E-state index contributed by atoms with van der Waals surface area (Å²) >= 11 is 2.10. The summed E-state index contributed by atoms with van der Waals surface area (Å²) in [5.74, 6) is 3.04. The number of unbranched alkanes of at least 4 members (excludes halogenated alkanes) is 11. The number of hydrogen-bond acceptors (Lipinski definition) is 3. The van der Waals surface area contributed by atoms with Gasteiger partial charge in [0.25, 0.3) is 0 Å². The molecule has 168 valence electrons. The Kier molecular flexibility index (Phi) is 23.2. The van der Waals surface area contributed by atoms with Gasteiger partial charge in [0.15, 0.2) is 0 Å². The van der Waals surface area contributed by atoms with E-state index < -0.39 is 0 Å². The van der Waals surface area contributed by atoms with Gasteiger partial charge < -0.3 is 4.90 Å². The van der Waals surface area contributed by atoms with Crippen molar-refractivity contribution in [3.05, 3.63) is 0 Å². The molecule has 0 spiro atoms. The lowest BCUT2D eigenvalue weighted by atomic mass is 10.1. The Morgan fingerprint density at radius 3 is 1.61 bits per heavy atom. The number of rotatable bonds is 23. The van der Waals surface area contributed by atoms with Gasteiger partial charge in [0.05, 0.1) is 0 Å². The van der Waals surface area contributed by atoms with E-state index in [0.717, 1.165) is 45.3 Å². The smallest absolute Gasteiger partial charge is 0.132 e. The van der Waals surface area contributed by atoms with Crippen molar-refractivity contribution in [3.8, 4) is 0 Å². The molecule has 0 saturated carbocycles. The standard InChI is InChI=1S/C25H51NOS/c1-4-7-8-9-10-11-12-13-14-18-23-28-24-19-16-21-25(27)20-15-17-22-26(5-2)6-3/h4-24H2,1-3H3. The summed E-state index contributed by atoms with van der Waals surface area (Å²) in [7, 11) is 0. The molecule has 0 aliphatic heterocycles. The molecule has 0 heterocycles. The van der Waals surface area contributed by atoms with Gasteiger partial charge in [-0.25, -0.2) is 0 Å². The van der Waals surface area contributed by atoms with E-state index >= 15 is 0 Å². The molecule has 0 atom stereocenters. The average molecular weight is 414 g/mol. The van der Waals surface area contributed by atoms with Gasteiger partial charge in [0.1, 0.15) is 5.78 Å². The highest BCUT2D eigenvalue weighted by atomic mass is 32.2. The molecule has 0 amide bonds. The molecule has 0 aromatic carbocycles. The first kappa shape index (κ1) is 28.0. The van der Waals surface area contributed by atoms with Gasteiger partial charge in [-0.1, -0.05) is 78.6 Å². The summed E-state index contributed by atoms with van der Waals surface area (Å²) in [6, 6.07) is 0. The number of Topliss-reactive ketones (excluding diaryl/α,β-unsaturated/α-hetero) is 1. The minimum Gasteiger partial charge on any atom is -0.304 e. The van der Waals surface area contributed by atoms with Crippen molar-refractivity contribution < 1.29 is 4.79 Å².